The van der Waals surface area contributed by atoms with E-state index in [0.29, 0.717) is 18.4 Å². The average Bonchev–Trinajstić information content (AvgIpc) is 3.46. The van der Waals surface area contributed by atoms with Gasteiger partial charge in [0.2, 0.25) is 0 Å². The van der Waals surface area contributed by atoms with E-state index < -0.39 is 17.4 Å². The minimum atomic E-state index is -1.20. The number of carbonyl (C=O) groups excluding carboxylic acids is 2. The zero-order valence-corrected chi connectivity index (χ0v) is 16.0. The van der Waals surface area contributed by atoms with Crippen LogP contribution in [0.4, 0.5) is 0 Å². The van der Waals surface area contributed by atoms with E-state index in [4.69, 9.17) is 9.47 Å². The average molecular weight is 374 g/mol. The minimum absolute atomic E-state index is 0.163. The predicted octanol–water partition coefficient (Wildman–Crippen LogP) is 3.65. The second kappa shape index (κ2) is 8.14. The van der Waals surface area contributed by atoms with Crippen molar-refractivity contribution in [3.63, 3.8) is 0 Å². The molecule has 1 aliphatic rings. The Labute approximate surface area is 165 Å². The lowest BCUT2D eigenvalue weighted by atomic mass is 9.93. The van der Waals surface area contributed by atoms with Crippen molar-refractivity contribution in [2.75, 3.05) is 14.2 Å². The quantitative estimate of drug-likeness (QED) is 0.455. The van der Waals surface area contributed by atoms with Crippen LogP contribution in [0.3, 0.4) is 0 Å². The predicted molar refractivity (Wildman–Crippen MR) is 107 cm³/mol. The molecule has 1 atom stereocenters. The monoisotopic (exact) mass is 374 g/mol. The van der Waals surface area contributed by atoms with Crippen molar-refractivity contribution < 1.29 is 19.1 Å². The summed E-state index contributed by atoms with van der Waals surface area (Å²) >= 11 is 0. The first-order valence-electron chi connectivity index (χ1n) is 9.04. The number of methoxy groups -OCH3 is 2. The van der Waals surface area contributed by atoms with Gasteiger partial charge in [-0.3, -0.25) is 9.59 Å². The molecule has 0 radical (unpaired) electrons. The number of benzene rings is 2. The van der Waals surface area contributed by atoms with Crippen molar-refractivity contribution >= 4 is 17.5 Å². The molecular weight excluding hydrogens is 352 g/mol. The van der Waals surface area contributed by atoms with Crippen molar-refractivity contribution in [2.45, 2.75) is 12.8 Å². The first-order chi connectivity index (χ1) is 13.5. The van der Waals surface area contributed by atoms with E-state index >= 15 is 0 Å². The van der Waals surface area contributed by atoms with Crippen molar-refractivity contribution in [1.82, 2.24) is 0 Å². The highest BCUT2D eigenvalue weighted by molar-refractivity contribution is 6.03. The molecule has 1 saturated carbocycles. The number of ether oxygens (including phenoxy) is 2. The van der Waals surface area contributed by atoms with Crippen LogP contribution >= 0.6 is 0 Å². The molecular formula is C24H22O4. The van der Waals surface area contributed by atoms with Gasteiger partial charge in [-0.05, 0) is 42.0 Å². The molecule has 1 unspecified atom stereocenters. The van der Waals surface area contributed by atoms with Gasteiger partial charge in [0, 0.05) is 11.1 Å². The Morgan fingerprint density at radius 3 is 2.29 bits per heavy atom. The van der Waals surface area contributed by atoms with Gasteiger partial charge in [-0.25, -0.2) is 0 Å². The fourth-order valence-electron chi connectivity index (χ4n) is 3.52. The van der Waals surface area contributed by atoms with Crippen LogP contribution in [0.2, 0.25) is 0 Å². The molecule has 0 N–H and O–H groups in total. The lowest BCUT2D eigenvalue weighted by Crippen LogP contribution is -2.30. The maximum atomic E-state index is 12.2. The number of carbonyl (C=O) groups is 2. The summed E-state index contributed by atoms with van der Waals surface area (Å²) in [5.41, 5.74) is 2.32. The zero-order chi connectivity index (χ0) is 20.1. The summed E-state index contributed by atoms with van der Waals surface area (Å²) in [5, 5.41) is 0. The second-order valence-electron chi connectivity index (χ2n) is 6.81. The molecule has 2 aromatic rings. The molecule has 0 aliphatic heterocycles. The molecule has 2 aromatic carbocycles. The summed E-state index contributed by atoms with van der Waals surface area (Å²) in [6, 6.07) is 17.5. The zero-order valence-electron chi connectivity index (χ0n) is 16.0. The van der Waals surface area contributed by atoms with Gasteiger partial charge in [0.25, 0.3) is 0 Å². The van der Waals surface area contributed by atoms with Crippen LogP contribution < -0.4 is 0 Å². The SMILES string of the molecule is C=C(C#Cc1ccccc1)c1ccccc1CC1CC1(C(=O)OC)C(=O)OC. The van der Waals surface area contributed by atoms with E-state index in [1.807, 2.05) is 54.6 Å². The third kappa shape index (κ3) is 3.70. The smallest absolute Gasteiger partial charge is 0.323 e. The molecule has 1 aliphatic carbocycles. The van der Waals surface area contributed by atoms with Gasteiger partial charge in [-0.2, -0.15) is 0 Å². The molecule has 4 nitrogen and oxygen atoms in total. The number of rotatable bonds is 5. The Morgan fingerprint density at radius 1 is 1.04 bits per heavy atom. The lowest BCUT2D eigenvalue weighted by molar-refractivity contribution is -0.162. The van der Waals surface area contributed by atoms with E-state index in [1.54, 1.807) is 0 Å². The number of allylic oxidation sites excluding steroid dienone is 1. The Bertz CT molecular complexity index is 947. The van der Waals surface area contributed by atoms with Crippen LogP contribution in [-0.4, -0.2) is 26.2 Å². The van der Waals surface area contributed by atoms with Crippen molar-refractivity contribution in [3.8, 4) is 11.8 Å². The van der Waals surface area contributed by atoms with E-state index in [0.717, 1.165) is 16.7 Å². The molecule has 4 heteroatoms. The van der Waals surface area contributed by atoms with E-state index in [2.05, 4.69) is 18.4 Å². The number of esters is 2. The maximum Gasteiger partial charge on any atom is 0.323 e. The molecule has 1 fully saturated rings. The Kier molecular flexibility index (Phi) is 5.65. The minimum Gasteiger partial charge on any atom is -0.468 e. The van der Waals surface area contributed by atoms with Crippen molar-refractivity contribution in [1.29, 1.82) is 0 Å². The summed E-state index contributed by atoms with van der Waals surface area (Å²) in [4.78, 5) is 24.4. The first kappa shape index (κ1) is 19.4. The van der Waals surface area contributed by atoms with Crippen LogP contribution in [0, 0.1) is 23.2 Å². The molecule has 0 heterocycles. The highest BCUT2D eigenvalue weighted by atomic mass is 16.5. The Balaban J connectivity index is 1.82. The molecule has 142 valence electrons. The van der Waals surface area contributed by atoms with Crippen LogP contribution in [0.25, 0.3) is 5.57 Å². The normalized spacial score (nSPS) is 16.3. The summed E-state index contributed by atoms with van der Waals surface area (Å²) in [7, 11) is 2.58. The standard InChI is InChI=1S/C24H22O4/c1-17(13-14-18-9-5-4-6-10-18)21-12-8-7-11-19(21)15-20-16-24(20,22(25)27-2)23(26)28-3/h4-12,20H,1,15-16H2,2-3H3. The van der Waals surface area contributed by atoms with Crippen LogP contribution in [0.15, 0.2) is 61.2 Å². The fourth-order valence-corrected chi connectivity index (χ4v) is 3.52. The van der Waals surface area contributed by atoms with Gasteiger partial charge >= 0.3 is 11.9 Å². The molecule has 3 rings (SSSR count). The van der Waals surface area contributed by atoms with Gasteiger partial charge in [0.1, 0.15) is 0 Å². The second-order valence-corrected chi connectivity index (χ2v) is 6.81. The molecule has 0 bridgehead atoms. The largest absolute Gasteiger partial charge is 0.468 e. The van der Waals surface area contributed by atoms with Gasteiger partial charge in [0.15, 0.2) is 5.41 Å². The summed E-state index contributed by atoms with van der Waals surface area (Å²) in [6.07, 6.45) is 0.968. The van der Waals surface area contributed by atoms with Gasteiger partial charge in [-0.1, -0.05) is 60.9 Å². The fraction of sp³-hybridized carbons (Fsp3) is 0.250. The molecule has 0 spiro atoms. The molecule has 0 amide bonds. The number of hydrogen-bond donors (Lipinski definition) is 0. The van der Waals surface area contributed by atoms with Crippen LogP contribution in [-0.2, 0) is 25.5 Å². The molecule has 0 saturated heterocycles. The Morgan fingerprint density at radius 2 is 1.64 bits per heavy atom. The van der Waals surface area contributed by atoms with Crippen LogP contribution in [0.1, 0.15) is 23.1 Å². The maximum absolute atomic E-state index is 12.2. The third-order valence-corrected chi connectivity index (χ3v) is 5.14. The lowest BCUT2D eigenvalue weighted by Gasteiger charge is -2.14. The van der Waals surface area contributed by atoms with Crippen molar-refractivity contribution in [3.05, 3.63) is 77.9 Å². The first-order valence-corrected chi connectivity index (χ1v) is 9.04. The van der Waals surface area contributed by atoms with Gasteiger partial charge < -0.3 is 9.47 Å². The topological polar surface area (TPSA) is 52.6 Å². The van der Waals surface area contributed by atoms with E-state index in [-0.39, 0.29) is 5.92 Å². The Hall–Kier alpha value is -3.32. The summed E-state index contributed by atoms with van der Waals surface area (Å²) < 4.78 is 9.71. The summed E-state index contributed by atoms with van der Waals surface area (Å²) in [5.74, 6) is 4.98. The highest BCUT2D eigenvalue weighted by Gasteiger charge is 2.67. The van der Waals surface area contributed by atoms with E-state index in [9.17, 15) is 9.59 Å². The van der Waals surface area contributed by atoms with Gasteiger partial charge in [0.05, 0.1) is 14.2 Å². The molecule has 28 heavy (non-hydrogen) atoms. The van der Waals surface area contributed by atoms with Crippen molar-refractivity contribution in [2.24, 2.45) is 11.3 Å². The van der Waals surface area contributed by atoms with Gasteiger partial charge in [-0.15, -0.1) is 0 Å². The summed E-state index contributed by atoms with van der Waals surface area (Å²) in [6.45, 7) is 4.11. The van der Waals surface area contributed by atoms with E-state index in [1.165, 1.54) is 14.2 Å². The highest BCUT2D eigenvalue weighted by Crippen LogP contribution is 2.56. The third-order valence-electron chi connectivity index (χ3n) is 5.14. The molecule has 0 aromatic heterocycles. The number of hydrogen-bond acceptors (Lipinski definition) is 4. The van der Waals surface area contributed by atoms with Crippen LogP contribution in [0.5, 0.6) is 0 Å².